The molecule has 2 N–H and O–H groups in total. The van der Waals surface area contributed by atoms with Gasteiger partial charge in [-0.25, -0.2) is 0 Å². The first-order valence-corrected chi connectivity index (χ1v) is 5.86. The zero-order chi connectivity index (χ0) is 11.3. The van der Waals surface area contributed by atoms with E-state index in [4.69, 9.17) is 5.73 Å². The molecule has 4 heteroatoms. The summed E-state index contributed by atoms with van der Waals surface area (Å²) in [6.07, 6.45) is 1.92. The van der Waals surface area contributed by atoms with Gasteiger partial charge in [-0.15, -0.1) is 0 Å². The first-order chi connectivity index (χ1) is 7.19. The summed E-state index contributed by atoms with van der Waals surface area (Å²) in [5.41, 5.74) is 5.60. The third kappa shape index (κ3) is 3.47. The minimum absolute atomic E-state index is 0.0217. The summed E-state index contributed by atoms with van der Waals surface area (Å²) in [4.78, 5) is 16.3. The summed E-state index contributed by atoms with van der Waals surface area (Å²) in [7, 11) is 2.11. The van der Waals surface area contributed by atoms with E-state index in [9.17, 15) is 4.79 Å². The number of rotatable bonds is 3. The predicted octanol–water partition coefficient (Wildman–Crippen LogP) is 0.135. The minimum Gasteiger partial charge on any atom is -0.341 e. The zero-order valence-electron chi connectivity index (χ0n) is 9.91. The van der Waals surface area contributed by atoms with Crippen molar-refractivity contribution in [2.75, 3.05) is 39.8 Å². The second-order valence-corrected chi connectivity index (χ2v) is 4.32. The Morgan fingerprint density at radius 1 is 1.33 bits per heavy atom. The smallest absolute Gasteiger partial charge is 0.226 e. The molecule has 1 fully saturated rings. The molecule has 0 aliphatic carbocycles. The van der Waals surface area contributed by atoms with Crippen LogP contribution in [0.5, 0.6) is 0 Å². The van der Waals surface area contributed by atoms with Gasteiger partial charge in [0.05, 0.1) is 5.92 Å². The van der Waals surface area contributed by atoms with E-state index in [1.54, 1.807) is 0 Å². The van der Waals surface area contributed by atoms with Crippen LogP contribution in [0, 0.1) is 5.92 Å². The van der Waals surface area contributed by atoms with Gasteiger partial charge in [0.1, 0.15) is 0 Å². The van der Waals surface area contributed by atoms with E-state index in [-0.39, 0.29) is 11.8 Å². The SMILES string of the molecule is CCC(CN)C(=O)N1CCCN(C)CC1. The highest BCUT2D eigenvalue weighted by Crippen LogP contribution is 2.09. The van der Waals surface area contributed by atoms with Crippen molar-refractivity contribution >= 4 is 5.91 Å². The fourth-order valence-corrected chi connectivity index (χ4v) is 1.97. The van der Waals surface area contributed by atoms with Gasteiger partial charge in [0.2, 0.25) is 5.91 Å². The monoisotopic (exact) mass is 213 g/mol. The molecule has 1 heterocycles. The van der Waals surface area contributed by atoms with Crippen LogP contribution in [0.15, 0.2) is 0 Å². The van der Waals surface area contributed by atoms with Crippen LogP contribution in [0.1, 0.15) is 19.8 Å². The molecule has 1 rings (SSSR count). The highest BCUT2D eigenvalue weighted by Gasteiger charge is 2.23. The normalized spacial score (nSPS) is 21.1. The molecule has 88 valence electrons. The van der Waals surface area contributed by atoms with Gasteiger partial charge in [-0.2, -0.15) is 0 Å². The molecule has 0 spiro atoms. The highest BCUT2D eigenvalue weighted by atomic mass is 16.2. The minimum atomic E-state index is 0.0217. The Kier molecular flexibility index (Phi) is 5.05. The number of nitrogens with two attached hydrogens (primary N) is 1. The van der Waals surface area contributed by atoms with E-state index >= 15 is 0 Å². The summed E-state index contributed by atoms with van der Waals surface area (Å²) in [5.74, 6) is 0.267. The lowest BCUT2D eigenvalue weighted by Crippen LogP contribution is -2.40. The molecule has 0 aromatic carbocycles. The molecule has 1 aliphatic heterocycles. The summed E-state index contributed by atoms with van der Waals surface area (Å²) in [6, 6.07) is 0. The van der Waals surface area contributed by atoms with Crippen LogP contribution in [0.2, 0.25) is 0 Å². The van der Waals surface area contributed by atoms with Crippen LogP contribution < -0.4 is 5.73 Å². The van der Waals surface area contributed by atoms with Crippen LogP contribution in [0.3, 0.4) is 0 Å². The van der Waals surface area contributed by atoms with Crippen molar-refractivity contribution in [2.45, 2.75) is 19.8 Å². The Morgan fingerprint density at radius 2 is 2.07 bits per heavy atom. The third-order valence-corrected chi connectivity index (χ3v) is 3.16. The molecule has 0 aromatic rings. The molecule has 1 unspecified atom stereocenters. The first-order valence-electron chi connectivity index (χ1n) is 5.86. The maximum Gasteiger partial charge on any atom is 0.226 e. The lowest BCUT2D eigenvalue weighted by atomic mass is 10.1. The summed E-state index contributed by atoms with van der Waals surface area (Å²) < 4.78 is 0. The van der Waals surface area contributed by atoms with Crippen molar-refractivity contribution in [1.82, 2.24) is 9.80 Å². The van der Waals surface area contributed by atoms with Gasteiger partial charge in [-0.05, 0) is 26.4 Å². The Labute approximate surface area is 92.4 Å². The van der Waals surface area contributed by atoms with Gasteiger partial charge in [0.25, 0.3) is 0 Å². The van der Waals surface area contributed by atoms with Crippen molar-refractivity contribution in [2.24, 2.45) is 11.7 Å². The van der Waals surface area contributed by atoms with Gasteiger partial charge < -0.3 is 15.5 Å². The molecule has 0 saturated carbocycles. The van der Waals surface area contributed by atoms with Gasteiger partial charge in [-0.1, -0.05) is 6.92 Å². The molecule has 1 amide bonds. The Balaban J connectivity index is 2.51. The van der Waals surface area contributed by atoms with E-state index < -0.39 is 0 Å². The topological polar surface area (TPSA) is 49.6 Å². The van der Waals surface area contributed by atoms with Crippen molar-refractivity contribution < 1.29 is 4.79 Å². The molecule has 1 aliphatic rings. The summed E-state index contributed by atoms with van der Waals surface area (Å²) in [6.45, 7) is 6.31. The van der Waals surface area contributed by atoms with E-state index in [0.29, 0.717) is 6.54 Å². The maximum absolute atomic E-state index is 12.0. The van der Waals surface area contributed by atoms with Crippen LogP contribution in [-0.4, -0.2) is 55.5 Å². The Morgan fingerprint density at radius 3 is 2.67 bits per heavy atom. The Hall–Kier alpha value is -0.610. The summed E-state index contributed by atoms with van der Waals surface area (Å²) >= 11 is 0. The van der Waals surface area contributed by atoms with Gasteiger partial charge in [0, 0.05) is 26.2 Å². The molecule has 4 nitrogen and oxygen atoms in total. The summed E-state index contributed by atoms with van der Waals surface area (Å²) in [5, 5.41) is 0. The molecule has 15 heavy (non-hydrogen) atoms. The number of nitrogens with zero attached hydrogens (tertiary/aromatic N) is 2. The average molecular weight is 213 g/mol. The van der Waals surface area contributed by atoms with E-state index in [1.807, 2.05) is 11.8 Å². The van der Waals surface area contributed by atoms with Crippen molar-refractivity contribution in [1.29, 1.82) is 0 Å². The standard InChI is InChI=1S/C11H23N3O/c1-3-10(9-12)11(15)14-6-4-5-13(2)7-8-14/h10H,3-9,12H2,1-2H3. The van der Waals surface area contributed by atoms with Gasteiger partial charge in [-0.3, -0.25) is 4.79 Å². The van der Waals surface area contributed by atoms with Gasteiger partial charge >= 0.3 is 0 Å². The van der Waals surface area contributed by atoms with Crippen LogP contribution >= 0.6 is 0 Å². The van der Waals surface area contributed by atoms with Crippen LogP contribution in [-0.2, 0) is 4.79 Å². The van der Waals surface area contributed by atoms with E-state index in [1.165, 1.54) is 0 Å². The maximum atomic E-state index is 12.0. The second-order valence-electron chi connectivity index (χ2n) is 4.32. The van der Waals surface area contributed by atoms with Crippen molar-refractivity contribution in [3.8, 4) is 0 Å². The molecule has 0 radical (unpaired) electrons. The average Bonchev–Trinajstić information content (AvgIpc) is 2.44. The second kappa shape index (κ2) is 6.08. The molecular weight excluding hydrogens is 190 g/mol. The quantitative estimate of drug-likeness (QED) is 0.725. The third-order valence-electron chi connectivity index (χ3n) is 3.16. The molecule has 1 atom stereocenters. The Bertz CT molecular complexity index is 204. The number of likely N-dealkylation sites (N-methyl/N-ethyl adjacent to an activating group) is 1. The highest BCUT2D eigenvalue weighted by molar-refractivity contribution is 5.79. The zero-order valence-corrected chi connectivity index (χ0v) is 9.91. The number of carbonyl (C=O) groups is 1. The fourth-order valence-electron chi connectivity index (χ4n) is 1.97. The fraction of sp³-hybridized carbons (Fsp3) is 0.909. The first kappa shape index (κ1) is 12.5. The molecule has 0 bridgehead atoms. The van der Waals surface area contributed by atoms with E-state index in [2.05, 4.69) is 11.9 Å². The van der Waals surface area contributed by atoms with Crippen molar-refractivity contribution in [3.05, 3.63) is 0 Å². The van der Waals surface area contributed by atoms with Crippen LogP contribution in [0.4, 0.5) is 0 Å². The van der Waals surface area contributed by atoms with Crippen molar-refractivity contribution in [3.63, 3.8) is 0 Å². The largest absolute Gasteiger partial charge is 0.341 e. The molecular formula is C11H23N3O. The van der Waals surface area contributed by atoms with E-state index in [0.717, 1.165) is 39.0 Å². The molecule has 0 aromatic heterocycles. The number of hydrogen-bond donors (Lipinski definition) is 1. The number of hydrogen-bond acceptors (Lipinski definition) is 3. The number of carbonyl (C=O) groups excluding carboxylic acids is 1. The predicted molar refractivity (Wildman–Crippen MR) is 61.5 cm³/mol. The van der Waals surface area contributed by atoms with Crippen LogP contribution in [0.25, 0.3) is 0 Å². The molecule has 1 saturated heterocycles. The number of amides is 1. The van der Waals surface area contributed by atoms with Gasteiger partial charge in [0.15, 0.2) is 0 Å². The lowest BCUT2D eigenvalue weighted by molar-refractivity contribution is -0.135. The lowest BCUT2D eigenvalue weighted by Gasteiger charge is -2.24.